The molecule has 5 N–H and O–H groups in total. The molecule has 0 bridgehead atoms. The Morgan fingerprint density at radius 3 is 2.71 bits per heavy atom. The van der Waals surface area contributed by atoms with Gasteiger partial charge in [0.05, 0.1) is 5.56 Å². The lowest BCUT2D eigenvalue weighted by Gasteiger charge is -2.10. The second-order valence-corrected chi connectivity index (χ2v) is 3.18. The predicted octanol–water partition coefficient (Wildman–Crippen LogP) is 0.740. The Kier molecular flexibility index (Phi) is 3.33. The highest BCUT2D eigenvalue weighted by Gasteiger charge is 2.15. The Morgan fingerprint density at radius 1 is 1.57 bits per heavy atom. The fraction of sp³-hybridized carbons (Fsp3) is 0.222. The predicted molar refractivity (Wildman–Crippen MR) is 57.1 cm³/mol. The third-order valence-electron chi connectivity index (χ3n) is 1.95. The van der Waals surface area contributed by atoms with E-state index in [1.54, 1.807) is 12.1 Å². The summed E-state index contributed by atoms with van der Waals surface area (Å²) in [5.74, 6) is -0.273. The van der Waals surface area contributed by atoms with E-state index >= 15 is 0 Å². The lowest BCUT2D eigenvalue weighted by Crippen LogP contribution is -2.22. The van der Waals surface area contributed by atoms with Gasteiger partial charge in [0, 0.05) is 24.3 Å². The molecule has 4 nitrogen and oxygen atoms in total. The monoisotopic (exact) mass is 213 g/mol. The van der Waals surface area contributed by atoms with Gasteiger partial charge in [0.2, 0.25) is 0 Å². The average Bonchev–Trinajstić information content (AvgIpc) is 2.19. The van der Waals surface area contributed by atoms with Gasteiger partial charge in [-0.2, -0.15) is 0 Å². The first-order chi connectivity index (χ1) is 6.61. The lowest BCUT2D eigenvalue weighted by molar-refractivity contribution is 0.0963. The molecule has 0 saturated heterocycles. The Balaban J connectivity index is 3.37. The Hall–Kier alpha value is -1.26. The Bertz CT molecular complexity index is 365. The summed E-state index contributed by atoms with van der Waals surface area (Å²) in [4.78, 5) is 11.5. The van der Waals surface area contributed by atoms with Crippen molar-refractivity contribution in [2.24, 2.45) is 5.73 Å². The van der Waals surface area contributed by atoms with Crippen LogP contribution < -0.4 is 16.8 Å². The van der Waals surface area contributed by atoms with Gasteiger partial charge in [-0.15, -0.1) is 0 Å². The first-order valence-corrected chi connectivity index (χ1v) is 4.48. The fourth-order valence-corrected chi connectivity index (χ4v) is 1.47. The maximum Gasteiger partial charge on any atom is 0.253 e. The van der Waals surface area contributed by atoms with Crippen molar-refractivity contribution in [2.75, 3.05) is 12.8 Å². The number of carbonyl (C=O) groups is 1. The standard InChI is InChI=1S/C9H12ClN3O/c1-13-9(14)8-5(4-11)6(10)2-3-7(8)12/h2-3H,4,11-12H2,1H3,(H,13,14). The van der Waals surface area contributed by atoms with Gasteiger partial charge >= 0.3 is 0 Å². The molecule has 1 amide bonds. The van der Waals surface area contributed by atoms with Crippen LogP contribution >= 0.6 is 11.6 Å². The number of nitrogens with one attached hydrogen (secondary N) is 1. The largest absolute Gasteiger partial charge is 0.398 e. The molecule has 0 aromatic heterocycles. The van der Waals surface area contributed by atoms with Crippen molar-refractivity contribution >= 4 is 23.2 Å². The summed E-state index contributed by atoms with van der Waals surface area (Å²) in [6, 6.07) is 3.22. The van der Waals surface area contributed by atoms with Crippen LogP contribution in [0.15, 0.2) is 12.1 Å². The van der Waals surface area contributed by atoms with Crippen molar-refractivity contribution in [1.82, 2.24) is 5.32 Å². The molecule has 0 aliphatic heterocycles. The first kappa shape index (κ1) is 10.8. The molecule has 0 radical (unpaired) electrons. The number of rotatable bonds is 2. The van der Waals surface area contributed by atoms with E-state index in [4.69, 9.17) is 23.1 Å². The molecular formula is C9H12ClN3O. The molecular weight excluding hydrogens is 202 g/mol. The number of carbonyl (C=O) groups excluding carboxylic acids is 1. The number of hydrogen-bond acceptors (Lipinski definition) is 3. The smallest absolute Gasteiger partial charge is 0.253 e. The zero-order valence-corrected chi connectivity index (χ0v) is 8.56. The van der Waals surface area contributed by atoms with Crippen LogP contribution in [-0.2, 0) is 6.54 Å². The van der Waals surface area contributed by atoms with Crippen LogP contribution in [0.5, 0.6) is 0 Å². The van der Waals surface area contributed by atoms with E-state index in [1.807, 2.05) is 0 Å². The molecule has 1 rings (SSSR count). The van der Waals surface area contributed by atoms with E-state index in [0.29, 0.717) is 21.8 Å². The molecule has 76 valence electrons. The topological polar surface area (TPSA) is 81.1 Å². The summed E-state index contributed by atoms with van der Waals surface area (Å²) in [7, 11) is 1.53. The molecule has 5 heteroatoms. The minimum Gasteiger partial charge on any atom is -0.398 e. The quantitative estimate of drug-likeness (QED) is 0.634. The highest BCUT2D eigenvalue weighted by Crippen LogP contribution is 2.24. The number of nitrogens with two attached hydrogens (primary N) is 2. The fourth-order valence-electron chi connectivity index (χ4n) is 1.23. The first-order valence-electron chi connectivity index (χ1n) is 4.10. The summed E-state index contributed by atoms with van der Waals surface area (Å²) in [6.45, 7) is 0.187. The second kappa shape index (κ2) is 4.30. The van der Waals surface area contributed by atoms with Gasteiger partial charge in [-0.3, -0.25) is 4.79 Å². The molecule has 0 atom stereocenters. The normalized spacial score (nSPS) is 9.93. The zero-order valence-electron chi connectivity index (χ0n) is 7.80. The summed E-state index contributed by atoms with van der Waals surface area (Å²) < 4.78 is 0. The van der Waals surface area contributed by atoms with Crippen molar-refractivity contribution in [2.45, 2.75) is 6.54 Å². The average molecular weight is 214 g/mol. The van der Waals surface area contributed by atoms with E-state index in [2.05, 4.69) is 5.32 Å². The van der Waals surface area contributed by atoms with Crippen LogP contribution in [0.1, 0.15) is 15.9 Å². The van der Waals surface area contributed by atoms with Gasteiger partial charge < -0.3 is 16.8 Å². The van der Waals surface area contributed by atoms with Gasteiger partial charge in [0.15, 0.2) is 0 Å². The van der Waals surface area contributed by atoms with Crippen LogP contribution in [-0.4, -0.2) is 13.0 Å². The summed E-state index contributed by atoms with van der Waals surface area (Å²) >= 11 is 5.89. The van der Waals surface area contributed by atoms with Crippen LogP contribution in [0.4, 0.5) is 5.69 Å². The number of halogens is 1. The van der Waals surface area contributed by atoms with E-state index < -0.39 is 0 Å². The highest BCUT2D eigenvalue weighted by atomic mass is 35.5. The molecule has 1 aromatic rings. The Labute approximate surface area is 87.2 Å². The van der Waals surface area contributed by atoms with E-state index in [1.165, 1.54) is 7.05 Å². The SMILES string of the molecule is CNC(=O)c1c(N)ccc(Cl)c1CN. The molecule has 0 fully saturated rings. The van der Waals surface area contributed by atoms with Crippen LogP contribution in [0.25, 0.3) is 0 Å². The molecule has 0 aliphatic rings. The maximum absolute atomic E-state index is 11.5. The van der Waals surface area contributed by atoms with Gasteiger partial charge in [-0.05, 0) is 17.7 Å². The van der Waals surface area contributed by atoms with Gasteiger partial charge in [0.25, 0.3) is 5.91 Å². The highest BCUT2D eigenvalue weighted by molar-refractivity contribution is 6.32. The van der Waals surface area contributed by atoms with Gasteiger partial charge in [-0.1, -0.05) is 11.6 Å². The maximum atomic E-state index is 11.5. The number of benzene rings is 1. The minimum atomic E-state index is -0.273. The molecule has 1 aromatic carbocycles. The molecule has 0 saturated carbocycles. The Morgan fingerprint density at radius 2 is 2.21 bits per heavy atom. The lowest BCUT2D eigenvalue weighted by atomic mass is 10.0. The van der Waals surface area contributed by atoms with Crippen molar-refractivity contribution in [3.8, 4) is 0 Å². The van der Waals surface area contributed by atoms with Crippen LogP contribution in [0, 0.1) is 0 Å². The molecule has 0 unspecified atom stereocenters. The number of amides is 1. The number of hydrogen-bond donors (Lipinski definition) is 3. The summed E-state index contributed by atoms with van der Waals surface area (Å²) in [5, 5.41) is 2.95. The molecule has 0 heterocycles. The summed E-state index contributed by atoms with van der Waals surface area (Å²) in [5.41, 5.74) is 12.5. The van der Waals surface area contributed by atoms with E-state index in [0.717, 1.165) is 0 Å². The van der Waals surface area contributed by atoms with Crippen LogP contribution in [0.2, 0.25) is 5.02 Å². The van der Waals surface area contributed by atoms with Crippen molar-refractivity contribution < 1.29 is 4.79 Å². The van der Waals surface area contributed by atoms with Crippen molar-refractivity contribution in [3.05, 3.63) is 28.3 Å². The summed E-state index contributed by atoms with van der Waals surface area (Å²) in [6.07, 6.45) is 0. The van der Waals surface area contributed by atoms with Crippen LogP contribution in [0.3, 0.4) is 0 Å². The third kappa shape index (κ3) is 1.81. The minimum absolute atomic E-state index is 0.187. The van der Waals surface area contributed by atoms with Crippen molar-refractivity contribution in [1.29, 1.82) is 0 Å². The van der Waals surface area contributed by atoms with Crippen molar-refractivity contribution in [3.63, 3.8) is 0 Å². The number of anilines is 1. The second-order valence-electron chi connectivity index (χ2n) is 2.77. The molecule has 0 spiro atoms. The number of nitrogen functional groups attached to an aromatic ring is 1. The van der Waals surface area contributed by atoms with Gasteiger partial charge in [0.1, 0.15) is 0 Å². The van der Waals surface area contributed by atoms with E-state index in [9.17, 15) is 4.79 Å². The molecule has 14 heavy (non-hydrogen) atoms. The molecule has 0 aliphatic carbocycles. The third-order valence-corrected chi connectivity index (χ3v) is 2.30. The van der Waals surface area contributed by atoms with Gasteiger partial charge in [-0.25, -0.2) is 0 Å². The van der Waals surface area contributed by atoms with E-state index in [-0.39, 0.29) is 12.5 Å². The zero-order chi connectivity index (χ0) is 10.7.